The molecule has 0 amide bonds. The van der Waals surface area contributed by atoms with Crippen LogP contribution in [0.5, 0.6) is 5.75 Å². The molecule has 0 fully saturated rings. The standard InChI is InChI=1S/C18H14BrNO3/c1-22-18(21)15-10-20-16-8-7-13(9-14(16)17(15)19)23-11-12-5-3-2-4-6-12/h2-10H,11H2,1H3. The van der Waals surface area contributed by atoms with Crippen LogP contribution in [0.25, 0.3) is 10.9 Å². The largest absolute Gasteiger partial charge is 0.489 e. The van der Waals surface area contributed by atoms with Crippen molar-refractivity contribution in [1.82, 2.24) is 4.98 Å². The molecule has 0 atom stereocenters. The number of esters is 1. The van der Waals surface area contributed by atoms with Gasteiger partial charge in [0.1, 0.15) is 12.4 Å². The normalized spacial score (nSPS) is 10.5. The topological polar surface area (TPSA) is 48.4 Å². The molecule has 3 aromatic rings. The highest BCUT2D eigenvalue weighted by molar-refractivity contribution is 9.10. The van der Waals surface area contributed by atoms with E-state index >= 15 is 0 Å². The van der Waals surface area contributed by atoms with Gasteiger partial charge in [-0.2, -0.15) is 0 Å². The zero-order valence-electron chi connectivity index (χ0n) is 12.5. The van der Waals surface area contributed by atoms with Crippen LogP contribution in [-0.2, 0) is 11.3 Å². The van der Waals surface area contributed by atoms with Gasteiger partial charge in [0.05, 0.1) is 18.2 Å². The van der Waals surface area contributed by atoms with E-state index < -0.39 is 5.97 Å². The highest BCUT2D eigenvalue weighted by Gasteiger charge is 2.14. The third-order valence-corrected chi connectivity index (χ3v) is 4.28. The van der Waals surface area contributed by atoms with E-state index in [1.807, 2.05) is 48.5 Å². The Balaban J connectivity index is 1.91. The molecule has 4 nitrogen and oxygen atoms in total. The van der Waals surface area contributed by atoms with Crippen molar-refractivity contribution in [2.24, 2.45) is 0 Å². The van der Waals surface area contributed by atoms with E-state index in [4.69, 9.17) is 9.47 Å². The van der Waals surface area contributed by atoms with Crippen molar-refractivity contribution >= 4 is 32.8 Å². The third kappa shape index (κ3) is 3.35. The molecule has 2 aromatic carbocycles. The van der Waals surface area contributed by atoms with Gasteiger partial charge in [-0.3, -0.25) is 4.98 Å². The van der Waals surface area contributed by atoms with Gasteiger partial charge in [-0.1, -0.05) is 30.3 Å². The highest BCUT2D eigenvalue weighted by Crippen LogP contribution is 2.30. The van der Waals surface area contributed by atoms with Crippen molar-refractivity contribution in [2.75, 3.05) is 7.11 Å². The molecule has 116 valence electrons. The van der Waals surface area contributed by atoms with Crippen molar-refractivity contribution in [3.63, 3.8) is 0 Å². The minimum absolute atomic E-state index is 0.389. The molecule has 0 aliphatic heterocycles. The Bertz CT molecular complexity index is 850. The molecule has 0 radical (unpaired) electrons. The maximum Gasteiger partial charge on any atom is 0.340 e. The molecular formula is C18H14BrNO3. The third-order valence-electron chi connectivity index (χ3n) is 3.43. The molecule has 0 aliphatic carbocycles. The number of pyridine rings is 1. The summed E-state index contributed by atoms with van der Waals surface area (Å²) in [7, 11) is 1.35. The fourth-order valence-electron chi connectivity index (χ4n) is 2.22. The fraction of sp³-hybridized carbons (Fsp3) is 0.111. The van der Waals surface area contributed by atoms with Gasteiger partial charge in [0.15, 0.2) is 0 Å². The molecule has 0 N–H and O–H groups in total. The summed E-state index contributed by atoms with van der Waals surface area (Å²) in [5, 5.41) is 0.804. The smallest absolute Gasteiger partial charge is 0.340 e. The lowest BCUT2D eigenvalue weighted by molar-refractivity contribution is 0.0599. The van der Waals surface area contributed by atoms with E-state index in [0.717, 1.165) is 16.5 Å². The molecule has 23 heavy (non-hydrogen) atoms. The minimum Gasteiger partial charge on any atom is -0.489 e. The molecule has 3 rings (SSSR count). The molecule has 0 aliphatic rings. The number of fused-ring (bicyclic) bond motifs is 1. The Morgan fingerprint density at radius 2 is 1.96 bits per heavy atom. The zero-order chi connectivity index (χ0) is 16.2. The van der Waals surface area contributed by atoms with Crippen LogP contribution >= 0.6 is 15.9 Å². The molecule has 0 bridgehead atoms. The average molecular weight is 372 g/mol. The predicted molar refractivity (Wildman–Crippen MR) is 91.6 cm³/mol. The van der Waals surface area contributed by atoms with Crippen LogP contribution < -0.4 is 4.74 Å². The molecule has 5 heteroatoms. The summed E-state index contributed by atoms with van der Waals surface area (Å²) in [6, 6.07) is 15.5. The van der Waals surface area contributed by atoms with Crippen LogP contribution in [0.15, 0.2) is 59.2 Å². The second-order valence-electron chi connectivity index (χ2n) is 4.93. The van der Waals surface area contributed by atoms with Crippen molar-refractivity contribution in [1.29, 1.82) is 0 Å². The number of benzene rings is 2. The van der Waals surface area contributed by atoms with Crippen LogP contribution in [0.4, 0.5) is 0 Å². The SMILES string of the molecule is COC(=O)c1cnc2ccc(OCc3ccccc3)cc2c1Br. The summed E-state index contributed by atoms with van der Waals surface area (Å²) in [6.07, 6.45) is 1.50. The van der Waals surface area contributed by atoms with E-state index in [9.17, 15) is 4.79 Å². The number of rotatable bonds is 4. The van der Waals surface area contributed by atoms with Gasteiger partial charge < -0.3 is 9.47 Å². The summed E-state index contributed by atoms with van der Waals surface area (Å²) >= 11 is 3.46. The number of halogens is 1. The van der Waals surface area contributed by atoms with Crippen LogP contribution in [0, 0.1) is 0 Å². The predicted octanol–water partition coefficient (Wildman–Crippen LogP) is 4.36. The van der Waals surface area contributed by atoms with Gasteiger partial charge in [-0.25, -0.2) is 4.79 Å². The van der Waals surface area contributed by atoms with Crippen LogP contribution in [0.1, 0.15) is 15.9 Å². The first-order chi connectivity index (χ1) is 11.2. The van der Waals surface area contributed by atoms with Crippen molar-refractivity contribution in [3.8, 4) is 5.75 Å². The van der Waals surface area contributed by atoms with Crippen molar-refractivity contribution in [2.45, 2.75) is 6.61 Å². The van der Waals surface area contributed by atoms with Crippen LogP contribution in [-0.4, -0.2) is 18.1 Å². The highest BCUT2D eigenvalue weighted by atomic mass is 79.9. The quantitative estimate of drug-likeness (QED) is 0.639. The second-order valence-corrected chi connectivity index (χ2v) is 5.72. The Labute approximate surface area is 142 Å². The Morgan fingerprint density at radius 3 is 2.70 bits per heavy atom. The number of hydrogen-bond donors (Lipinski definition) is 0. The second kappa shape index (κ2) is 6.79. The number of carbonyl (C=O) groups is 1. The molecule has 1 aromatic heterocycles. The van der Waals surface area contributed by atoms with Crippen molar-refractivity contribution in [3.05, 3.63) is 70.3 Å². The maximum atomic E-state index is 11.8. The van der Waals surface area contributed by atoms with Crippen LogP contribution in [0.2, 0.25) is 0 Å². The zero-order valence-corrected chi connectivity index (χ0v) is 14.0. The Kier molecular flexibility index (Phi) is 4.57. The molecule has 0 saturated carbocycles. The fourth-order valence-corrected chi connectivity index (χ4v) is 2.80. The number of methoxy groups -OCH3 is 1. The van der Waals surface area contributed by atoms with Crippen LogP contribution in [0.3, 0.4) is 0 Å². The molecule has 0 saturated heterocycles. The van der Waals surface area contributed by atoms with Gasteiger partial charge in [0, 0.05) is 16.1 Å². The lowest BCUT2D eigenvalue weighted by atomic mass is 10.1. The first kappa shape index (κ1) is 15.5. The monoisotopic (exact) mass is 371 g/mol. The van der Waals surface area contributed by atoms with E-state index in [0.29, 0.717) is 22.4 Å². The summed E-state index contributed by atoms with van der Waals surface area (Å²) in [5.41, 5.74) is 2.25. The Morgan fingerprint density at radius 1 is 1.17 bits per heavy atom. The molecule has 0 spiro atoms. The van der Waals surface area contributed by atoms with Gasteiger partial charge in [-0.05, 0) is 39.7 Å². The van der Waals surface area contributed by atoms with E-state index in [1.165, 1.54) is 13.3 Å². The summed E-state index contributed by atoms with van der Waals surface area (Å²) in [6.45, 7) is 0.480. The molecule has 0 unspecified atom stereocenters. The van der Waals surface area contributed by atoms with Gasteiger partial charge in [0.25, 0.3) is 0 Å². The lowest BCUT2D eigenvalue weighted by Gasteiger charge is -2.09. The summed E-state index contributed by atoms with van der Waals surface area (Å²) in [5.74, 6) is 0.285. The van der Waals surface area contributed by atoms with Gasteiger partial charge in [-0.15, -0.1) is 0 Å². The van der Waals surface area contributed by atoms with E-state index in [1.54, 1.807) is 0 Å². The number of hydrogen-bond acceptors (Lipinski definition) is 4. The number of carbonyl (C=O) groups excluding carboxylic acids is 1. The number of ether oxygens (including phenoxy) is 2. The maximum absolute atomic E-state index is 11.8. The average Bonchev–Trinajstić information content (AvgIpc) is 2.61. The molecular weight excluding hydrogens is 358 g/mol. The lowest BCUT2D eigenvalue weighted by Crippen LogP contribution is -2.03. The van der Waals surface area contributed by atoms with Gasteiger partial charge in [0.2, 0.25) is 0 Å². The van der Waals surface area contributed by atoms with E-state index in [2.05, 4.69) is 20.9 Å². The first-order valence-corrected chi connectivity index (χ1v) is 7.81. The molecule has 1 heterocycles. The minimum atomic E-state index is -0.429. The first-order valence-electron chi connectivity index (χ1n) is 7.02. The number of aromatic nitrogens is 1. The van der Waals surface area contributed by atoms with Gasteiger partial charge >= 0.3 is 5.97 Å². The summed E-state index contributed by atoms with van der Waals surface area (Å²) in [4.78, 5) is 16.0. The van der Waals surface area contributed by atoms with E-state index in [-0.39, 0.29) is 0 Å². The van der Waals surface area contributed by atoms with Crippen molar-refractivity contribution < 1.29 is 14.3 Å². The number of nitrogens with zero attached hydrogens (tertiary/aromatic N) is 1. The Hall–Kier alpha value is -2.40. The summed E-state index contributed by atoms with van der Waals surface area (Å²) < 4.78 is 11.2.